The van der Waals surface area contributed by atoms with Gasteiger partial charge >= 0.3 is 12.1 Å². The van der Waals surface area contributed by atoms with Crippen molar-refractivity contribution in [2.45, 2.75) is 62.4 Å². The van der Waals surface area contributed by atoms with Gasteiger partial charge in [0.2, 0.25) is 5.88 Å². The summed E-state index contributed by atoms with van der Waals surface area (Å²) in [5, 5.41) is 12.1. The molecule has 10 nitrogen and oxygen atoms in total. The molecular formula is C38H35FN6O4. The van der Waals surface area contributed by atoms with Crippen molar-refractivity contribution in [1.82, 2.24) is 24.8 Å². The summed E-state index contributed by atoms with van der Waals surface area (Å²) < 4.78 is 30.3. The Morgan fingerprint density at radius 3 is 2.61 bits per heavy atom. The summed E-state index contributed by atoms with van der Waals surface area (Å²) in [6.07, 6.45) is 7.39. The van der Waals surface area contributed by atoms with Crippen molar-refractivity contribution in [3.63, 3.8) is 0 Å². The van der Waals surface area contributed by atoms with Crippen LogP contribution < -0.4 is 14.4 Å². The number of terminal acetylenes is 1. The van der Waals surface area contributed by atoms with Crippen LogP contribution in [0.3, 0.4) is 0 Å². The molecule has 4 saturated heterocycles. The van der Waals surface area contributed by atoms with E-state index in [0.29, 0.717) is 40.7 Å². The number of hydrogen-bond acceptors (Lipinski definition) is 8. The van der Waals surface area contributed by atoms with Gasteiger partial charge in [0.1, 0.15) is 35.1 Å². The molecule has 4 atom stereocenters. The number of benzene rings is 2. The van der Waals surface area contributed by atoms with Crippen molar-refractivity contribution < 1.29 is 23.8 Å². The van der Waals surface area contributed by atoms with E-state index in [4.69, 9.17) is 30.8 Å². The van der Waals surface area contributed by atoms with Crippen LogP contribution in [0.5, 0.6) is 11.9 Å². The van der Waals surface area contributed by atoms with E-state index in [1.165, 1.54) is 0 Å². The van der Waals surface area contributed by atoms with Gasteiger partial charge in [0, 0.05) is 36.1 Å². The predicted molar refractivity (Wildman–Crippen MR) is 183 cm³/mol. The second-order valence-electron chi connectivity index (χ2n) is 14.2. The molecule has 0 radical (unpaired) electrons. The zero-order valence-corrected chi connectivity index (χ0v) is 27.2. The molecule has 0 saturated carbocycles. The van der Waals surface area contributed by atoms with Gasteiger partial charge < -0.3 is 19.5 Å². The molecule has 4 unspecified atom stereocenters. The van der Waals surface area contributed by atoms with E-state index in [2.05, 4.69) is 28.9 Å². The van der Waals surface area contributed by atoms with E-state index in [-0.39, 0.29) is 47.3 Å². The quantitative estimate of drug-likeness (QED) is 0.216. The summed E-state index contributed by atoms with van der Waals surface area (Å²) in [5.41, 5.74) is 3.17. The van der Waals surface area contributed by atoms with E-state index in [1.807, 2.05) is 37.3 Å². The predicted octanol–water partition coefficient (Wildman–Crippen LogP) is 5.79. The van der Waals surface area contributed by atoms with Crippen molar-refractivity contribution in [1.29, 1.82) is 0 Å². The molecule has 2 aromatic carbocycles. The van der Waals surface area contributed by atoms with Crippen molar-refractivity contribution in [2.75, 3.05) is 31.1 Å². The molecule has 4 fully saturated rings. The number of hydrogen-bond donors (Lipinski definition) is 1. The molecule has 2 aromatic heterocycles. The number of halogens is 1. The van der Waals surface area contributed by atoms with Crippen molar-refractivity contribution in [3.8, 4) is 35.5 Å². The maximum absolute atomic E-state index is 17.2. The minimum absolute atomic E-state index is 0.0251. The first kappa shape index (κ1) is 29.9. The van der Waals surface area contributed by atoms with Crippen LogP contribution in [0.2, 0.25) is 0 Å². The average Bonchev–Trinajstić information content (AvgIpc) is 3.64. The normalized spacial score (nSPS) is 25.2. The molecule has 0 spiro atoms. The topological polar surface area (TPSA) is 104 Å². The lowest BCUT2D eigenvalue weighted by atomic mass is 9.92. The molecule has 1 N–H and O–H groups in total. The Bertz CT molecular complexity index is 2150. The van der Waals surface area contributed by atoms with E-state index in [1.54, 1.807) is 11.0 Å². The molecule has 7 heterocycles. The van der Waals surface area contributed by atoms with Gasteiger partial charge in [0.25, 0.3) is 0 Å². The van der Waals surface area contributed by atoms with Gasteiger partial charge in [0.05, 0.1) is 23.7 Å². The zero-order valence-electron chi connectivity index (χ0n) is 27.2. The van der Waals surface area contributed by atoms with Crippen LogP contribution in [-0.4, -0.2) is 92.0 Å². The van der Waals surface area contributed by atoms with Gasteiger partial charge in [0.15, 0.2) is 5.82 Å². The van der Waals surface area contributed by atoms with Crippen LogP contribution in [0, 0.1) is 18.2 Å². The summed E-state index contributed by atoms with van der Waals surface area (Å²) in [4.78, 5) is 32.9. The smallest absolute Gasteiger partial charge is 0.407 e. The third kappa shape index (κ3) is 4.36. The van der Waals surface area contributed by atoms with E-state index in [9.17, 15) is 9.90 Å². The molecule has 0 aliphatic carbocycles. The molecule has 49 heavy (non-hydrogen) atoms. The fourth-order valence-electron chi connectivity index (χ4n) is 9.27. The number of carbonyl (C=O) groups is 1. The van der Waals surface area contributed by atoms with Crippen LogP contribution in [0.1, 0.15) is 38.2 Å². The summed E-state index contributed by atoms with van der Waals surface area (Å²) in [6.45, 7) is 12.6. The standard InChI is InChI=1S/C38H35FN6O4/c1-5-23-8-6-9-24-10-7-11-26(28(23)24)31-30(39)32-29-34(42-36(41-32)48-19-38-14-20(2)16-43(38)17-21(3)15-38)44-18-25-12-13-27(45(25)37(46)47)33(44)22(4)49-35(29)40-31/h1,6-11,22,25,27,33H,2-3,12-19H2,4H3,(H,46,47). The number of ether oxygens (including phenoxy) is 2. The number of nitrogens with zero attached hydrogens (tertiary/aromatic N) is 6. The van der Waals surface area contributed by atoms with E-state index < -0.39 is 24.1 Å². The number of piperazine rings is 1. The highest BCUT2D eigenvalue weighted by Gasteiger charge is 2.53. The Balaban J connectivity index is 1.24. The minimum atomic E-state index is -0.954. The second-order valence-corrected chi connectivity index (χ2v) is 14.2. The zero-order chi connectivity index (χ0) is 33.8. The van der Waals surface area contributed by atoms with Gasteiger partial charge in [-0.3, -0.25) is 9.80 Å². The maximum atomic E-state index is 17.2. The molecule has 5 aliphatic rings. The summed E-state index contributed by atoms with van der Waals surface area (Å²) in [5.74, 6) is 2.72. The molecule has 248 valence electrons. The highest BCUT2D eigenvalue weighted by atomic mass is 19.1. The van der Waals surface area contributed by atoms with Crippen LogP contribution in [0.25, 0.3) is 32.9 Å². The molecule has 11 heteroatoms. The van der Waals surface area contributed by atoms with E-state index >= 15 is 4.39 Å². The highest BCUT2D eigenvalue weighted by molar-refractivity contribution is 6.03. The van der Waals surface area contributed by atoms with Crippen molar-refractivity contribution >= 4 is 33.6 Å². The number of carboxylic acid groups (broad SMARTS) is 1. The Hall–Kier alpha value is -5.21. The Labute approximate surface area is 282 Å². The third-order valence-corrected chi connectivity index (χ3v) is 11.1. The van der Waals surface area contributed by atoms with Gasteiger partial charge in [-0.15, -0.1) is 6.42 Å². The number of aromatic nitrogens is 3. The first-order chi connectivity index (χ1) is 23.7. The second kappa shape index (κ2) is 10.6. The lowest BCUT2D eigenvalue weighted by Crippen LogP contribution is -2.64. The first-order valence-corrected chi connectivity index (χ1v) is 16.7. The van der Waals surface area contributed by atoms with Crippen molar-refractivity contribution in [3.05, 3.63) is 72.1 Å². The van der Waals surface area contributed by atoms with Crippen LogP contribution >= 0.6 is 0 Å². The monoisotopic (exact) mass is 658 g/mol. The lowest BCUT2D eigenvalue weighted by Gasteiger charge is -2.47. The lowest BCUT2D eigenvalue weighted by molar-refractivity contribution is 0.0706. The Morgan fingerprint density at radius 1 is 1.12 bits per heavy atom. The van der Waals surface area contributed by atoms with Crippen LogP contribution in [0.4, 0.5) is 15.0 Å². The fourth-order valence-corrected chi connectivity index (χ4v) is 9.27. The minimum Gasteiger partial charge on any atom is -0.472 e. The third-order valence-electron chi connectivity index (χ3n) is 11.1. The molecule has 9 rings (SSSR count). The summed E-state index contributed by atoms with van der Waals surface area (Å²) >= 11 is 0. The van der Waals surface area contributed by atoms with Crippen molar-refractivity contribution in [2.24, 2.45) is 0 Å². The number of pyridine rings is 1. The van der Waals surface area contributed by atoms with Crippen LogP contribution in [0.15, 0.2) is 60.7 Å². The van der Waals surface area contributed by atoms with Gasteiger partial charge in [-0.2, -0.15) is 9.97 Å². The highest BCUT2D eigenvalue weighted by Crippen LogP contribution is 2.48. The number of amides is 1. The molecular weight excluding hydrogens is 623 g/mol. The number of anilines is 1. The van der Waals surface area contributed by atoms with Gasteiger partial charge in [-0.25, -0.2) is 14.2 Å². The van der Waals surface area contributed by atoms with Gasteiger partial charge in [-0.1, -0.05) is 60.6 Å². The summed E-state index contributed by atoms with van der Waals surface area (Å²) in [6, 6.07) is 10.3. The number of rotatable bonds is 4. The molecule has 4 aromatic rings. The first-order valence-electron chi connectivity index (χ1n) is 16.7. The van der Waals surface area contributed by atoms with E-state index in [0.717, 1.165) is 48.9 Å². The molecule has 2 bridgehead atoms. The Morgan fingerprint density at radius 2 is 1.88 bits per heavy atom. The molecule has 1 amide bonds. The summed E-state index contributed by atoms with van der Waals surface area (Å²) in [7, 11) is 0. The number of fused-ring (bicyclic) bond motifs is 7. The SMILES string of the molecule is C#Cc1cccc2cccc(-c3nc4c5c(nc(OCC67CC(=C)CN6CC(=C)C7)nc5c3F)N3CC5CCC(C3C(C)O4)N5C(=O)O)c12. The molecule has 5 aliphatic heterocycles. The van der Waals surface area contributed by atoms with Crippen LogP contribution in [-0.2, 0) is 0 Å². The maximum Gasteiger partial charge on any atom is 0.407 e. The van der Waals surface area contributed by atoms with Gasteiger partial charge in [-0.05, 0) is 44.1 Å². The Kier molecular flexibility index (Phi) is 6.49. The fraction of sp³-hybridized carbons (Fsp3) is 0.368. The average molecular weight is 659 g/mol. The largest absolute Gasteiger partial charge is 0.472 e.